The normalized spacial score (nSPS) is 14.6. The van der Waals surface area contributed by atoms with E-state index < -0.39 is 0 Å². The average Bonchev–Trinajstić information content (AvgIpc) is 3.51. The van der Waals surface area contributed by atoms with E-state index in [2.05, 4.69) is 25.4 Å². The van der Waals surface area contributed by atoms with E-state index in [1.54, 1.807) is 29.7 Å². The molecule has 1 aliphatic rings. The highest BCUT2D eigenvalue weighted by Crippen LogP contribution is 2.38. The quantitative estimate of drug-likeness (QED) is 0.448. The van der Waals surface area contributed by atoms with Crippen LogP contribution in [0.25, 0.3) is 22.3 Å². The molecule has 1 saturated carbocycles. The molecule has 3 N–H and O–H groups in total. The highest BCUT2D eigenvalue weighted by molar-refractivity contribution is 6.35. The summed E-state index contributed by atoms with van der Waals surface area (Å²) in [4.78, 5) is 31.0. The van der Waals surface area contributed by atoms with E-state index in [0.717, 1.165) is 12.8 Å². The van der Waals surface area contributed by atoms with E-state index >= 15 is 0 Å². The Morgan fingerprint density at radius 1 is 1.31 bits per heavy atom. The van der Waals surface area contributed by atoms with Crippen LogP contribution in [0, 0.1) is 6.92 Å². The third-order valence-electron chi connectivity index (χ3n) is 5.48. The monoisotopic (exact) mass is 452 g/mol. The van der Waals surface area contributed by atoms with E-state index in [4.69, 9.17) is 26.8 Å². The minimum Gasteiger partial charge on any atom is -0.383 e. The van der Waals surface area contributed by atoms with Gasteiger partial charge in [0.15, 0.2) is 0 Å². The van der Waals surface area contributed by atoms with Gasteiger partial charge in [0.05, 0.1) is 22.0 Å². The summed E-state index contributed by atoms with van der Waals surface area (Å²) in [6.45, 7) is 3.70. The fourth-order valence-electron chi connectivity index (χ4n) is 3.79. The standard InChI is InChI=1S/C21H21ClN8O2/c1-3-13(27-18-16(17(23)24-9-25-18)19-26-10(2)32-29-19)20-28-14-6-4-5-12(22)15(14)21(31)30(20)11-7-8-11/h4-6,9,11,13H,3,7-8H2,1-2H3,(H3,23,24,25,27)/t13-/m0/s1. The molecule has 1 aliphatic carbocycles. The SMILES string of the molecule is CC[C@H](Nc1ncnc(N)c1-c1noc(C)n1)c1nc2cccc(Cl)c2c(=O)n1C1CC1. The number of nitrogens with zero attached hydrogens (tertiary/aromatic N) is 6. The van der Waals surface area contributed by atoms with Crippen molar-refractivity contribution in [1.29, 1.82) is 0 Å². The molecule has 1 atom stereocenters. The van der Waals surface area contributed by atoms with Crippen LogP contribution in [0.5, 0.6) is 0 Å². The molecule has 3 heterocycles. The van der Waals surface area contributed by atoms with Gasteiger partial charge in [-0.1, -0.05) is 29.7 Å². The number of benzene rings is 1. The molecule has 4 aromatic rings. The number of nitrogen functional groups attached to an aromatic ring is 1. The van der Waals surface area contributed by atoms with E-state index in [1.165, 1.54) is 6.33 Å². The summed E-state index contributed by atoms with van der Waals surface area (Å²) in [6.07, 6.45) is 3.85. The lowest BCUT2D eigenvalue weighted by Crippen LogP contribution is -2.29. The minimum absolute atomic E-state index is 0.108. The predicted molar refractivity (Wildman–Crippen MR) is 120 cm³/mol. The third kappa shape index (κ3) is 3.46. The molecule has 0 spiro atoms. The van der Waals surface area contributed by atoms with Crippen molar-refractivity contribution in [2.75, 3.05) is 11.1 Å². The number of hydrogen-bond acceptors (Lipinski definition) is 9. The Kier molecular flexibility index (Phi) is 5.01. The molecule has 32 heavy (non-hydrogen) atoms. The van der Waals surface area contributed by atoms with Crippen LogP contribution < -0.4 is 16.6 Å². The van der Waals surface area contributed by atoms with Crippen molar-refractivity contribution in [2.24, 2.45) is 0 Å². The van der Waals surface area contributed by atoms with Crippen molar-refractivity contribution in [1.82, 2.24) is 29.7 Å². The Morgan fingerprint density at radius 2 is 2.12 bits per heavy atom. The van der Waals surface area contributed by atoms with Gasteiger partial charge >= 0.3 is 0 Å². The van der Waals surface area contributed by atoms with Gasteiger partial charge in [-0.15, -0.1) is 0 Å². The Labute approximate surface area is 187 Å². The van der Waals surface area contributed by atoms with Gasteiger partial charge in [-0.05, 0) is 31.4 Å². The molecule has 164 valence electrons. The lowest BCUT2D eigenvalue weighted by Gasteiger charge is -2.23. The van der Waals surface area contributed by atoms with Gasteiger partial charge in [0.2, 0.25) is 11.7 Å². The topological polar surface area (TPSA) is 138 Å². The summed E-state index contributed by atoms with van der Waals surface area (Å²) in [5, 5.41) is 8.19. The van der Waals surface area contributed by atoms with Crippen molar-refractivity contribution >= 4 is 34.1 Å². The zero-order valence-electron chi connectivity index (χ0n) is 17.5. The zero-order valence-corrected chi connectivity index (χ0v) is 18.3. The van der Waals surface area contributed by atoms with Gasteiger partial charge in [-0.2, -0.15) is 4.98 Å². The fraction of sp³-hybridized carbons (Fsp3) is 0.333. The maximum absolute atomic E-state index is 13.4. The van der Waals surface area contributed by atoms with Gasteiger partial charge in [0, 0.05) is 13.0 Å². The smallest absolute Gasteiger partial charge is 0.263 e. The van der Waals surface area contributed by atoms with Gasteiger partial charge in [-0.25, -0.2) is 15.0 Å². The van der Waals surface area contributed by atoms with Crippen LogP contribution in [0.2, 0.25) is 5.02 Å². The summed E-state index contributed by atoms with van der Waals surface area (Å²) in [5.74, 6) is 1.97. The Bertz CT molecular complexity index is 1380. The number of nitrogens with two attached hydrogens (primary N) is 1. The van der Waals surface area contributed by atoms with Gasteiger partial charge in [0.1, 0.15) is 29.4 Å². The van der Waals surface area contributed by atoms with E-state index in [0.29, 0.717) is 45.4 Å². The summed E-state index contributed by atoms with van der Waals surface area (Å²) in [7, 11) is 0. The highest BCUT2D eigenvalue weighted by Gasteiger charge is 2.32. The lowest BCUT2D eigenvalue weighted by atomic mass is 10.1. The number of halogens is 1. The number of fused-ring (bicyclic) bond motifs is 1. The first-order chi connectivity index (χ1) is 15.5. The molecule has 0 saturated heterocycles. The molecule has 1 aromatic carbocycles. The highest BCUT2D eigenvalue weighted by atomic mass is 35.5. The second-order valence-corrected chi connectivity index (χ2v) is 8.14. The van der Waals surface area contributed by atoms with Gasteiger partial charge in [0.25, 0.3) is 5.56 Å². The van der Waals surface area contributed by atoms with Crippen molar-refractivity contribution in [3.05, 3.63) is 51.6 Å². The van der Waals surface area contributed by atoms with Crippen LogP contribution in [0.3, 0.4) is 0 Å². The van der Waals surface area contributed by atoms with Crippen LogP contribution in [0.4, 0.5) is 11.6 Å². The van der Waals surface area contributed by atoms with Crippen LogP contribution in [-0.2, 0) is 0 Å². The van der Waals surface area contributed by atoms with E-state index in [-0.39, 0.29) is 29.3 Å². The molecule has 0 aliphatic heterocycles. The van der Waals surface area contributed by atoms with Crippen molar-refractivity contribution in [3.63, 3.8) is 0 Å². The maximum Gasteiger partial charge on any atom is 0.263 e. The first-order valence-corrected chi connectivity index (χ1v) is 10.7. The van der Waals surface area contributed by atoms with E-state index in [9.17, 15) is 4.79 Å². The van der Waals surface area contributed by atoms with Crippen LogP contribution >= 0.6 is 11.6 Å². The molecule has 10 nitrogen and oxygen atoms in total. The molecular formula is C21H21ClN8O2. The number of aromatic nitrogens is 6. The van der Waals surface area contributed by atoms with Crippen LogP contribution in [-0.4, -0.2) is 29.7 Å². The third-order valence-corrected chi connectivity index (χ3v) is 5.79. The number of rotatable bonds is 6. The molecule has 0 radical (unpaired) electrons. The minimum atomic E-state index is -0.326. The summed E-state index contributed by atoms with van der Waals surface area (Å²) in [6, 6.07) is 5.08. The molecule has 3 aromatic heterocycles. The zero-order chi connectivity index (χ0) is 22.4. The Morgan fingerprint density at radius 3 is 2.81 bits per heavy atom. The van der Waals surface area contributed by atoms with Gasteiger partial charge in [-0.3, -0.25) is 9.36 Å². The number of hydrogen-bond donors (Lipinski definition) is 2. The molecule has 0 bridgehead atoms. The molecule has 11 heteroatoms. The second kappa shape index (κ2) is 7.86. The lowest BCUT2D eigenvalue weighted by molar-refractivity contribution is 0.394. The Balaban J connectivity index is 1.64. The van der Waals surface area contributed by atoms with Crippen LogP contribution in [0.1, 0.15) is 50.0 Å². The fourth-order valence-corrected chi connectivity index (χ4v) is 4.05. The number of aryl methyl sites for hydroxylation is 1. The van der Waals surface area contributed by atoms with Gasteiger partial charge < -0.3 is 15.6 Å². The van der Waals surface area contributed by atoms with E-state index in [1.807, 2.05) is 6.92 Å². The summed E-state index contributed by atoms with van der Waals surface area (Å²) < 4.78 is 6.87. The largest absolute Gasteiger partial charge is 0.383 e. The average molecular weight is 453 g/mol. The first-order valence-electron chi connectivity index (χ1n) is 10.4. The molecular weight excluding hydrogens is 432 g/mol. The summed E-state index contributed by atoms with van der Waals surface area (Å²) >= 11 is 6.34. The number of nitrogens with one attached hydrogen (secondary N) is 1. The Hall–Kier alpha value is -3.53. The van der Waals surface area contributed by atoms with Crippen molar-refractivity contribution in [3.8, 4) is 11.4 Å². The predicted octanol–water partition coefficient (Wildman–Crippen LogP) is 3.68. The maximum atomic E-state index is 13.4. The molecule has 5 rings (SSSR count). The molecule has 0 unspecified atom stereocenters. The molecule has 1 fully saturated rings. The van der Waals surface area contributed by atoms with Crippen molar-refractivity contribution in [2.45, 2.75) is 45.2 Å². The summed E-state index contributed by atoms with van der Waals surface area (Å²) in [5.41, 5.74) is 6.99. The number of anilines is 2. The molecule has 0 amide bonds. The van der Waals surface area contributed by atoms with Crippen molar-refractivity contribution < 1.29 is 4.52 Å². The first kappa shape index (κ1) is 20.4. The van der Waals surface area contributed by atoms with Crippen LogP contribution in [0.15, 0.2) is 33.8 Å². The second-order valence-electron chi connectivity index (χ2n) is 7.73.